The first-order valence-corrected chi connectivity index (χ1v) is 7.11. The van der Waals surface area contributed by atoms with Crippen molar-refractivity contribution in [3.05, 3.63) is 69.7 Å². The summed E-state index contributed by atoms with van der Waals surface area (Å²) in [5, 5.41) is 22.0. The summed E-state index contributed by atoms with van der Waals surface area (Å²) in [7, 11) is 0. The van der Waals surface area contributed by atoms with E-state index in [-0.39, 0.29) is 0 Å². The molecule has 0 fully saturated rings. The van der Waals surface area contributed by atoms with Crippen molar-refractivity contribution in [1.29, 1.82) is 5.26 Å². The summed E-state index contributed by atoms with van der Waals surface area (Å²) >= 11 is 3.39. The van der Waals surface area contributed by atoms with Gasteiger partial charge in [-0.05, 0) is 35.4 Å². The van der Waals surface area contributed by atoms with Crippen molar-refractivity contribution in [3.63, 3.8) is 0 Å². The predicted octanol–water partition coefficient (Wildman–Crippen LogP) is 3.14. The van der Waals surface area contributed by atoms with E-state index in [1.807, 2.05) is 36.4 Å². The summed E-state index contributed by atoms with van der Waals surface area (Å²) in [6.07, 6.45) is -0.536. The first-order valence-electron chi connectivity index (χ1n) is 6.32. The zero-order valence-corrected chi connectivity index (χ0v) is 12.5. The highest BCUT2D eigenvalue weighted by atomic mass is 79.9. The van der Waals surface area contributed by atoms with Gasteiger partial charge in [0.15, 0.2) is 0 Å². The van der Waals surface area contributed by atoms with Crippen molar-refractivity contribution < 1.29 is 5.11 Å². The number of halogens is 1. The van der Waals surface area contributed by atoms with Crippen LogP contribution >= 0.6 is 15.9 Å². The van der Waals surface area contributed by atoms with Gasteiger partial charge in [0.1, 0.15) is 0 Å². The number of hydrogen-bond donors (Lipinski definition) is 2. The molecule has 0 amide bonds. The van der Waals surface area contributed by atoms with Gasteiger partial charge in [0.2, 0.25) is 0 Å². The summed E-state index contributed by atoms with van der Waals surface area (Å²) in [5.41, 5.74) is 2.63. The first-order chi connectivity index (χ1) is 9.69. The standard InChI is InChI=1S/C16H15BrN2O/c17-15-3-1-2-14(8-15)16(20)11-19-10-13-6-4-12(9-18)5-7-13/h1-8,16,19-20H,10-11H2. The van der Waals surface area contributed by atoms with Gasteiger partial charge >= 0.3 is 0 Å². The number of aliphatic hydroxyl groups excluding tert-OH is 1. The van der Waals surface area contributed by atoms with Gasteiger partial charge in [-0.2, -0.15) is 5.26 Å². The van der Waals surface area contributed by atoms with Crippen LogP contribution < -0.4 is 5.32 Å². The van der Waals surface area contributed by atoms with Gasteiger partial charge in [-0.15, -0.1) is 0 Å². The fourth-order valence-electron chi connectivity index (χ4n) is 1.88. The zero-order valence-electron chi connectivity index (χ0n) is 10.9. The van der Waals surface area contributed by atoms with Crippen molar-refractivity contribution >= 4 is 15.9 Å². The van der Waals surface area contributed by atoms with Gasteiger partial charge < -0.3 is 10.4 Å². The highest BCUT2D eigenvalue weighted by Gasteiger charge is 2.07. The molecule has 0 saturated carbocycles. The lowest BCUT2D eigenvalue weighted by atomic mass is 10.1. The summed E-state index contributed by atoms with van der Waals surface area (Å²) in [5.74, 6) is 0. The summed E-state index contributed by atoms with van der Waals surface area (Å²) < 4.78 is 0.959. The molecule has 2 N–H and O–H groups in total. The third-order valence-electron chi connectivity index (χ3n) is 2.98. The molecular formula is C16H15BrN2O. The minimum Gasteiger partial charge on any atom is -0.387 e. The Morgan fingerprint density at radius 3 is 2.60 bits per heavy atom. The van der Waals surface area contributed by atoms with E-state index in [1.54, 1.807) is 12.1 Å². The van der Waals surface area contributed by atoms with Crippen LogP contribution in [0.25, 0.3) is 0 Å². The molecule has 3 nitrogen and oxygen atoms in total. The number of hydrogen-bond acceptors (Lipinski definition) is 3. The third-order valence-corrected chi connectivity index (χ3v) is 3.48. The van der Waals surface area contributed by atoms with Crippen LogP contribution in [-0.2, 0) is 6.54 Å². The molecule has 102 valence electrons. The lowest BCUT2D eigenvalue weighted by Crippen LogP contribution is -2.21. The largest absolute Gasteiger partial charge is 0.387 e. The van der Waals surface area contributed by atoms with Crippen molar-refractivity contribution in [2.75, 3.05) is 6.54 Å². The lowest BCUT2D eigenvalue weighted by molar-refractivity contribution is 0.174. The lowest BCUT2D eigenvalue weighted by Gasteiger charge is -2.12. The number of benzene rings is 2. The van der Waals surface area contributed by atoms with E-state index < -0.39 is 6.10 Å². The van der Waals surface area contributed by atoms with E-state index in [2.05, 4.69) is 27.3 Å². The van der Waals surface area contributed by atoms with Crippen LogP contribution in [0.1, 0.15) is 22.8 Å². The maximum Gasteiger partial charge on any atom is 0.0991 e. The average molecular weight is 331 g/mol. The van der Waals surface area contributed by atoms with Crippen LogP contribution in [-0.4, -0.2) is 11.7 Å². The Kier molecular flexibility index (Phi) is 5.31. The number of rotatable bonds is 5. The Morgan fingerprint density at radius 1 is 1.20 bits per heavy atom. The van der Waals surface area contributed by atoms with Crippen molar-refractivity contribution in [1.82, 2.24) is 5.32 Å². The van der Waals surface area contributed by atoms with Crippen LogP contribution in [0.15, 0.2) is 53.0 Å². The SMILES string of the molecule is N#Cc1ccc(CNCC(O)c2cccc(Br)c2)cc1. The van der Waals surface area contributed by atoms with E-state index in [9.17, 15) is 5.11 Å². The number of nitrogens with one attached hydrogen (secondary N) is 1. The molecule has 0 saturated heterocycles. The minimum atomic E-state index is -0.536. The second kappa shape index (κ2) is 7.20. The van der Waals surface area contributed by atoms with E-state index in [4.69, 9.17) is 5.26 Å². The fraction of sp³-hybridized carbons (Fsp3) is 0.188. The second-order valence-corrected chi connectivity index (χ2v) is 5.43. The molecular weight excluding hydrogens is 316 g/mol. The third kappa shape index (κ3) is 4.17. The normalized spacial score (nSPS) is 11.8. The molecule has 2 aromatic rings. The quantitative estimate of drug-likeness (QED) is 0.885. The zero-order chi connectivity index (χ0) is 14.4. The molecule has 0 aliphatic carbocycles. The van der Waals surface area contributed by atoms with E-state index >= 15 is 0 Å². The molecule has 2 aromatic carbocycles. The van der Waals surface area contributed by atoms with Crippen LogP contribution in [0, 0.1) is 11.3 Å². The monoisotopic (exact) mass is 330 g/mol. The Balaban J connectivity index is 1.84. The van der Waals surface area contributed by atoms with E-state index in [1.165, 1.54) is 0 Å². The van der Waals surface area contributed by atoms with Gasteiger partial charge in [-0.3, -0.25) is 0 Å². The molecule has 0 radical (unpaired) electrons. The van der Waals surface area contributed by atoms with Crippen molar-refractivity contribution in [2.24, 2.45) is 0 Å². The Morgan fingerprint density at radius 2 is 1.95 bits per heavy atom. The van der Waals surface area contributed by atoms with E-state index in [0.717, 1.165) is 15.6 Å². The molecule has 0 spiro atoms. The molecule has 1 atom stereocenters. The smallest absolute Gasteiger partial charge is 0.0991 e. The number of aliphatic hydroxyl groups is 1. The summed E-state index contributed by atoms with van der Waals surface area (Å²) in [4.78, 5) is 0. The summed E-state index contributed by atoms with van der Waals surface area (Å²) in [6.45, 7) is 1.15. The number of nitriles is 1. The second-order valence-electron chi connectivity index (χ2n) is 4.51. The van der Waals surface area contributed by atoms with E-state index in [0.29, 0.717) is 18.7 Å². The maximum atomic E-state index is 10.1. The molecule has 1 unspecified atom stereocenters. The molecule has 4 heteroatoms. The van der Waals surface area contributed by atoms with Gasteiger partial charge in [0, 0.05) is 17.6 Å². The van der Waals surface area contributed by atoms with Gasteiger partial charge in [-0.1, -0.05) is 40.2 Å². The molecule has 0 aliphatic heterocycles. The fourth-order valence-corrected chi connectivity index (χ4v) is 2.30. The molecule has 0 bridgehead atoms. The Labute approximate surface area is 127 Å². The summed E-state index contributed by atoms with van der Waals surface area (Å²) in [6, 6.07) is 17.2. The van der Waals surface area contributed by atoms with Crippen LogP contribution in [0.2, 0.25) is 0 Å². The van der Waals surface area contributed by atoms with Gasteiger partial charge in [-0.25, -0.2) is 0 Å². The highest BCUT2D eigenvalue weighted by molar-refractivity contribution is 9.10. The van der Waals surface area contributed by atoms with Crippen molar-refractivity contribution in [3.8, 4) is 6.07 Å². The van der Waals surface area contributed by atoms with Crippen LogP contribution in [0.5, 0.6) is 0 Å². The van der Waals surface area contributed by atoms with Crippen LogP contribution in [0.4, 0.5) is 0 Å². The maximum absolute atomic E-state index is 10.1. The van der Waals surface area contributed by atoms with Crippen LogP contribution in [0.3, 0.4) is 0 Å². The Bertz CT molecular complexity index is 605. The number of nitrogens with zero attached hydrogens (tertiary/aromatic N) is 1. The predicted molar refractivity (Wildman–Crippen MR) is 82.0 cm³/mol. The first kappa shape index (κ1) is 14.7. The average Bonchev–Trinajstić information content (AvgIpc) is 2.48. The molecule has 0 aromatic heterocycles. The Hall–Kier alpha value is -1.67. The molecule has 2 rings (SSSR count). The molecule has 0 aliphatic rings. The van der Waals surface area contributed by atoms with Crippen molar-refractivity contribution in [2.45, 2.75) is 12.6 Å². The molecule has 0 heterocycles. The van der Waals surface area contributed by atoms with Gasteiger partial charge in [0.05, 0.1) is 17.7 Å². The molecule has 20 heavy (non-hydrogen) atoms. The highest BCUT2D eigenvalue weighted by Crippen LogP contribution is 2.17. The topological polar surface area (TPSA) is 56.0 Å². The van der Waals surface area contributed by atoms with Gasteiger partial charge in [0.25, 0.3) is 0 Å². The minimum absolute atomic E-state index is 0.483.